The van der Waals surface area contributed by atoms with Crippen molar-refractivity contribution in [3.63, 3.8) is 0 Å². The number of urea groups is 1. The topological polar surface area (TPSA) is 61.6 Å². The highest BCUT2D eigenvalue weighted by Gasteiger charge is 2.30. The van der Waals surface area contributed by atoms with Crippen molar-refractivity contribution < 1.29 is 9.32 Å². The summed E-state index contributed by atoms with van der Waals surface area (Å²) >= 11 is 1.66. The van der Waals surface area contributed by atoms with Gasteiger partial charge in [-0.25, -0.2) is 4.79 Å². The number of rotatable bonds is 4. The van der Waals surface area contributed by atoms with Crippen molar-refractivity contribution in [1.29, 1.82) is 0 Å². The highest BCUT2D eigenvalue weighted by Crippen LogP contribution is 2.26. The summed E-state index contributed by atoms with van der Waals surface area (Å²) in [6.45, 7) is 4.43. The fourth-order valence-electron chi connectivity index (χ4n) is 3.37. The van der Waals surface area contributed by atoms with E-state index in [4.69, 9.17) is 4.52 Å². The molecular weight excluding hydrogens is 312 g/mol. The van der Waals surface area contributed by atoms with Crippen LogP contribution < -0.4 is 5.32 Å². The van der Waals surface area contributed by atoms with E-state index in [1.807, 2.05) is 28.5 Å². The van der Waals surface area contributed by atoms with Crippen LogP contribution in [0, 0.1) is 0 Å². The third kappa shape index (κ3) is 3.11. The summed E-state index contributed by atoms with van der Waals surface area (Å²) in [4.78, 5) is 17.2. The van der Waals surface area contributed by atoms with E-state index in [0.717, 1.165) is 61.9 Å². The van der Waals surface area contributed by atoms with Crippen molar-refractivity contribution in [2.24, 2.45) is 0 Å². The summed E-state index contributed by atoms with van der Waals surface area (Å²) in [5, 5.41) is 9.11. The summed E-state index contributed by atoms with van der Waals surface area (Å²) < 4.78 is 5.44. The summed E-state index contributed by atoms with van der Waals surface area (Å²) in [5.41, 5.74) is 0.978. The molecule has 2 aliphatic rings. The maximum absolute atomic E-state index is 11.7. The minimum Gasteiger partial charge on any atom is -0.355 e. The van der Waals surface area contributed by atoms with Gasteiger partial charge >= 0.3 is 6.03 Å². The number of carbonyl (C=O) groups excluding carboxylic acids is 1. The van der Waals surface area contributed by atoms with Gasteiger partial charge in [0, 0.05) is 44.8 Å². The molecule has 0 aromatic carbocycles. The van der Waals surface area contributed by atoms with E-state index in [2.05, 4.69) is 15.4 Å². The van der Waals surface area contributed by atoms with E-state index < -0.39 is 0 Å². The molecule has 4 heterocycles. The molecule has 122 valence electrons. The van der Waals surface area contributed by atoms with Gasteiger partial charge in [-0.2, -0.15) is 0 Å². The standard InChI is InChI=1S/C16H20N4O2S/c21-16-17-5-8-20(16)13-3-6-19(7-4-13)11-12-10-14(22-18-12)15-2-1-9-23-15/h1-2,9-10,13H,3-8,11H2,(H,17,21). The molecule has 2 saturated heterocycles. The van der Waals surface area contributed by atoms with Gasteiger partial charge in [-0.15, -0.1) is 11.3 Å². The Bertz CT molecular complexity index is 661. The van der Waals surface area contributed by atoms with E-state index >= 15 is 0 Å². The van der Waals surface area contributed by atoms with Gasteiger partial charge < -0.3 is 14.7 Å². The molecule has 0 atom stereocenters. The lowest BCUT2D eigenvalue weighted by atomic mass is 10.0. The Hall–Kier alpha value is -1.86. The minimum absolute atomic E-state index is 0.0977. The van der Waals surface area contributed by atoms with Gasteiger partial charge in [0.1, 0.15) is 0 Å². The third-order valence-corrected chi connectivity index (χ3v) is 5.48. The molecule has 6 nitrogen and oxygen atoms in total. The molecule has 0 unspecified atom stereocenters. The number of piperidine rings is 1. The molecule has 0 saturated carbocycles. The first-order valence-corrected chi connectivity index (χ1v) is 8.94. The Labute approximate surface area is 139 Å². The zero-order chi connectivity index (χ0) is 15.6. The summed E-state index contributed by atoms with van der Waals surface area (Å²) in [6, 6.07) is 6.57. The van der Waals surface area contributed by atoms with Crippen LogP contribution in [0.3, 0.4) is 0 Å². The molecule has 7 heteroatoms. The van der Waals surface area contributed by atoms with Crippen LogP contribution in [0.15, 0.2) is 28.1 Å². The van der Waals surface area contributed by atoms with Gasteiger partial charge in [-0.05, 0) is 24.3 Å². The second-order valence-electron chi connectivity index (χ2n) is 6.09. The van der Waals surface area contributed by atoms with Crippen molar-refractivity contribution in [2.75, 3.05) is 26.2 Å². The van der Waals surface area contributed by atoms with Crippen LogP contribution in [0.2, 0.25) is 0 Å². The van der Waals surface area contributed by atoms with Crippen LogP contribution >= 0.6 is 11.3 Å². The quantitative estimate of drug-likeness (QED) is 0.934. The highest BCUT2D eigenvalue weighted by molar-refractivity contribution is 7.13. The van der Waals surface area contributed by atoms with Crippen LogP contribution in [-0.4, -0.2) is 53.2 Å². The predicted octanol–water partition coefficient (Wildman–Crippen LogP) is 2.39. The summed E-state index contributed by atoms with van der Waals surface area (Å²) in [5.74, 6) is 0.846. The van der Waals surface area contributed by atoms with Crippen LogP contribution in [0.4, 0.5) is 4.79 Å². The van der Waals surface area contributed by atoms with E-state index in [1.54, 1.807) is 11.3 Å². The normalized spacial score (nSPS) is 20.2. The maximum Gasteiger partial charge on any atom is 0.317 e. The SMILES string of the molecule is O=C1NCCN1C1CCN(Cc2cc(-c3cccs3)on2)CC1. The molecule has 4 rings (SSSR count). The second-order valence-corrected chi connectivity index (χ2v) is 7.04. The summed E-state index contributed by atoms with van der Waals surface area (Å²) in [6.07, 6.45) is 2.06. The number of hydrogen-bond acceptors (Lipinski definition) is 5. The van der Waals surface area contributed by atoms with E-state index in [1.165, 1.54) is 0 Å². The molecular formula is C16H20N4O2S. The van der Waals surface area contributed by atoms with Crippen molar-refractivity contribution >= 4 is 17.4 Å². The Kier molecular flexibility index (Phi) is 4.05. The molecule has 1 N–H and O–H groups in total. The zero-order valence-corrected chi connectivity index (χ0v) is 13.7. The average Bonchev–Trinajstić information content (AvgIpc) is 3.29. The molecule has 0 aliphatic carbocycles. The lowest BCUT2D eigenvalue weighted by molar-refractivity contribution is 0.130. The molecule has 23 heavy (non-hydrogen) atoms. The third-order valence-electron chi connectivity index (χ3n) is 4.60. The number of nitrogens with zero attached hydrogens (tertiary/aromatic N) is 3. The average molecular weight is 332 g/mol. The minimum atomic E-state index is 0.0977. The predicted molar refractivity (Wildman–Crippen MR) is 88.2 cm³/mol. The Balaban J connectivity index is 1.32. The Morgan fingerprint density at radius 2 is 2.22 bits per heavy atom. The molecule has 2 aromatic rings. The van der Waals surface area contributed by atoms with Crippen LogP contribution in [-0.2, 0) is 6.54 Å². The number of carbonyl (C=O) groups is 1. The van der Waals surface area contributed by atoms with Crippen LogP contribution in [0.25, 0.3) is 10.6 Å². The highest BCUT2D eigenvalue weighted by atomic mass is 32.1. The first-order chi connectivity index (χ1) is 11.3. The van der Waals surface area contributed by atoms with Gasteiger partial charge in [0.2, 0.25) is 0 Å². The number of thiophene rings is 1. The largest absolute Gasteiger partial charge is 0.355 e. The number of amides is 2. The lowest BCUT2D eigenvalue weighted by Crippen LogP contribution is -2.45. The van der Waals surface area contributed by atoms with Crippen molar-refractivity contribution in [3.05, 3.63) is 29.3 Å². The molecule has 0 spiro atoms. The second kappa shape index (κ2) is 6.33. The van der Waals surface area contributed by atoms with E-state index in [9.17, 15) is 4.79 Å². The van der Waals surface area contributed by atoms with E-state index in [-0.39, 0.29) is 6.03 Å². The fraction of sp³-hybridized carbons (Fsp3) is 0.500. The number of aromatic nitrogens is 1. The summed E-state index contributed by atoms with van der Waals surface area (Å²) in [7, 11) is 0. The van der Waals surface area contributed by atoms with Crippen LogP contribution in [0.5, 0.6) is 0 Å². The van der Waals surface area contributed by atoms with Gasteiger partial charge in [-0.1, -0.05) is 11.2 Å². The molecule has 0 bridgehead atoms. The molecule has 2 amide bonds. The Morgan fingerprint density at radius 3 is 2.91 bits per heavy atom. The molecule has 0 radical (unpaired) electrons. The van der Waals surface area contributed by atoms with Gasteiger partial charge in [0.15, 0.2) is 5.76 Å². The van der Waals surface area contributed by atoms with Gasteiger partial charge in [-0.3, -0.25) is 4.90 Å². The first-order valence-electron chi connectivity index (χ1n) is 8.06. The van der Waals surface area contributed by atoms with Crippen LogP contribution in [0.1, 0.15) is 18.5 Å². The van der Waals surface area contributed by atoms with Crippen molar-refractivity contribution in [2.45, 2.75) is 25.4 Å². The monoisotopic (exact) mass is 332 g/mol. The van der Waals surface area contributed by atoms with Crippen molar-refractivity contribution in [3.8, 4) is 10.6 Å². The molecule has 2 aromatic heterocycles. The number of hydrogen-bond donors (Lipinski definition) is 1. The maximum atomic E-state index is 11.7. The lowest BCUT2D eigenvalue weighted by Gasteiger charge is -2.35. The first kappa shape index (κ1) is 14.7. The van der Waals surface area contributed by atoms with Gasteiger partial charge in [0.25, 0.3) is 0 Å². The molecule has 2 fully saturated rings. The fourth-order valence-corrected chi connectivity index (χ4v) is 4.05. The number of nitrogens with one attached hydrogen (secondary N) is 1. The smallest absolute Gasteiger partial charge is 0.317 e. The zero-order valence-electron chi connectivity index (χ0n) is 12.9. The van der Waals surface area contributed by atoms with Gasteiger partial charge in [0.05, 0.1) is 10.6 Å². The Morgan fingerprint density at radius 1 is 1.35 bits per heavy atom. The van der Waals surface area contributed by atoms with E-state index in [0.29, 0.717) is 6.04 Å². The van der Waals surface area contributed by atoms with Crippen molar-refractivity contribution in [1.82, 2.24) is 20.3 Å². The number of likely N-dealkylation sites (tertiary alicyclic amines) is 1. The molecule has 2 aliphatic heterocycles.